The van der Waals surface area contributed by atoms with Gasteiger partial charge in [0.15, 0.2) is 0 Å². The van der Waals surface area contributed by atoms with Crippen molar-refractivity contribution in [2.24, 2.45) is 12.8 Å². The number of rotatable bonds is 5. The summed E-state index contributed by atoms with van der Waals surface area (Å²) in [5.74, 6) is 0. The maximum absolute atomic E-state index is 6.22. The molecule has 2 unspecified atom stereocenters. The molecule has 0 radical (unpaired) electrons. The van der Waals surface area contributed by atoms with Gasteiger partial charge in [0.25, 0.3) is 0 Å². The lowest BCUT2D eigenvalue weighted by molar-refractivity contribution is -0.0401. The molecule has 1 fully saturated rings. The maximum atomic E-state index is 6.22. The highest BCUT2D eigenvalue weighted by Gasteiger charge is 2.26. The highest BCUT2D eigenvalue weighted by Crippen LogP contribution is 2.11. The molecule has 1 aromatic heterocycles. The number of aryl methyl sites for hydroxylation is 1. The van der Waals surface area contributed by atoms with Gasteiger partial charge in [-0.15, -0.1) is 5.10 Å². The van der Waals surface area contributed by atoms with Crippen LogP contribution in [-0.2, 0) is 18.2 Å². The van der Waals surface area contributed by atoms with Gasteiger partial charge in [-0.1, -0.05) is 12.1 Å². The van der Waals surface area contributed by atoms with Gasteiger partial charge in [-0.05, 0) is 13.0 Å². The molecule has 6 nitrogen and oxygen atoms in total. The van der Waals surface area contributed by atoms with E-state index in [2.05, 4.69) is 22.1 Å². The summed E-state index contributed by atoms with van der Waals surface area (Å²) in [6.07, 6.45) is 3.91. The second-order valence-corrected chi connectivity index (χ2v) is 4.96. The fourth-order valence-corrected chi connectivity index (χ4v) is 2.37. The van der Waals surface area contributed by atoms with Crippen LogP contribution in [0.15, 0.2) is 6.20 Å². The van der Waals surface area contributed by atoms with Crippen LogP contribution in [0.1, 0.15) is 19.0 Å². The molecular weight excluding hydrogens is 230 g/mol. The summed E-state index contributed by atoms with van der Waals surface area (Å²) in [6.45, 7) is 6.04. The molecule has 0 amide bonds. The Morgan fingerprint density at radius 3 is 3.11 bits per heavy atom. The third-order valence-corrected chi connectivity index (χ3v) is 3.29. The van der Waals surface area contributed by atoms with E-state index < -0.39 is 0 Å². The van der Waals surface area contributed by atoms with E-state index in [9.17, 15) is 0 Å². The highest BCUT2D eigenvalue weighted by atomic mass is 16.5. The molecule has 2 N–H and O–H groups in total. The van der Waals surface area contributed by atoms with Gasteiger partial charge in [-0.2, -0.15) is 0 Å². The monoisotopic (exact) mass is 253 g/mol. The molecule has 18 heavy (non-hydrogen) atoms. The first kappa shape index (κ1) is 13.5. The van der Waals surface area contributed by atoms with Gasteiger partial charge in [0.05, 0.1) is 18.4 Å². The Balaban J connectivity index is 1.86. The fraction of sp³-hybridized carbons (Fsp3) is 0.833. The van der Waals surface area contributed by atoms with E-state index in [0.29, 0.717) is 0 Å². The van der Waals surface area contributed by atoms with Crippen LogP contribution >= 0.6 is 0 Å². The lowest BCUT2D eigenvalue weighted by atomic mass is 10.0. The number of nitrogens with zero attached hydrogens (tertiary/aromatic N) is 4. The predicted molar refractivity (Wildman–Crippen MR) is 69.2 cm³/mol. The van der Waals surface area contributed by atoms with E-state index in [1.807, 2.05) is 13.2 Å². The van der Waals surface area contributed by atoms with Crippen LogP contribution in [0.2, 0.25) is 0 Å². The highest BCUT2D eigenvalue weighted by molar-refractivity contribution is 4.97. The van der Waals surface area contributed by atoms with Crippen LogP contribution in [0.25, 0.3) is 0 Å². The summed E-state index contributed by atoms with van der Waals surface area (Å²) in [6, 6.07) is -0.0126. The molecule has 0 aromatic carbocycles. The van der Waals surface area contributed by atoms with Crippen LogP contribution in [0.4, 0.5) is 0 Å². The van der Waals surface area contributed by atoms with Crippen molar-refractivity contribution in [1.82, 2.24) is 19.9 Å². The third kappa shape index (κ3) is 3.51. The first-order chi connectivity index (χ1) is 8.69. The Hall–Kier alpha value is -0.980. The molecule has 1 aliphatic rings. The van der Waals surface area contributed by atoms with Crippen LogP contribution in [0.3, 0.4) is 0 Å². The summed E-state index contributed by atoms with van der Waals surface area (Å²) in [7, 11) is 1.86. The SMILES string of the molecule is CCCN1CCOC(C(N)Cc2cn(C)nn2)C1. The van der Waals surface area contributed by atoms with Gasteiger partial charge in [-0.25, -0.2) is 0 Å². The summed E-state index contributed by atoms with van der Waals surface area (Å²) in [4.78, 5) is 2.42. The summed E-state index contributed by atoms with van der Waals surface area (Å²) in [5.41, 5.74) is 7.15. The number of hydrogen-bond acceptors (Lipinski definition) is 5. The second-order valence-electron chi connectivity index (χ2n) is 4.96. The topological polar surface area (TPSA) is 69.2 Å². The molecule has 0 saturated carbocycles. The average Bonchev–Trinajstić information content (AvgIpc) is 2.75. The second kappa shape index (κ2) is 6.26. The van der Waals surface area contributed by atoms with Crippen LogP contribution < -0.4 is 5.73 Å². The molecule has 6 heteroatoms. The van der Waals surface area contributed by atoms with E-state index >= 15 is 0 Å². The van der Waals surface area contributed by atoms with E-state index in [1.165, 1.54) is 6.42 Å². The number of morpholine rings is 1. The number of ether oxygens (including phenoxy) is 1. The third-order valence-electron chi connectivity index (χ3n) is 3.29. The number of hydrogen-bond donors (Lipinski definition) is 1. The van der Waals surface area contributed by atoms with E-state index in [-0.39, 0.29) is 12.1 Å². The maximum Gasteiger partial charge on any atom is 0.0857 e. The van der Waals surface area contributed by atoms with Gasteiger partial charge in [-0.3, -0.25) is 9.58 Å². The molecule has 1 saturated heterocycles. The van der Waals surface area contributed by atoms with Gasteiger partial charge in [0.1, 0.15) is 0 Å². The Kier molecular flexibility index (Phi) is 4.68. The molecule has 1 aromatic rings. The molecule has 2 rings (SSSR count). The lowest BCUT2D eigenvalue weighted by Gasteiger charge is -2.35. The minimum absolute atomic E-state index is 0.0126. The minimum atomic E-state index is -0.0126. The normalized spacial score (nSPS) is 23.2. The number of nitrogens with two attached hydrogens (primary N) is 1. The van der Waals surface area contributed by atoms with Gasteiger partial charge in [0, 0.05) is 38.8 Å². The molecule has 102 valence electrons. The number of aromatic nitrogens is 3. The molecule has 1 aliphatic heterocycles. The Morgan fingerprint density at radius 1 is 1.61 bits per heavy atom. The minimum Gasteiger partial charge on any atom is -0.374 e. The molecule has 0 spiro atoms. The van der Waals surface area contributed by atoms with Crippen molar-refractivity contribution in [3.63, 3.8) is 0 Å². The van der Waals surface area contributed by atoms with Crippen molar-refractivity contribution >= 4 is 0 Å². The Morgan fingerprint density at radius 2 is 2.44 bits per heavy atom. The van der Waals surface area contributed by atoms with Crippen molar-refractivity contribution in [3.8, 4) is 0 Å². The lowest BCUT2D eigenvalue weighted by Crippen LogP contribution is -2.51. The van der Waals surface area contributed by atoms with Crippen LogP contribution in [-0.4, -0.2) is 58.3 Å². The van der Waals surface area contributed by atoms with E-state index in [4.69, 9.17) is 10.5 Å². The molecule has 2 atom stereocenters. The Labute approximate surface area is 108 Å². The van der Waals surface area contributed by atoms with Crippen molar-refractivity contribution in [2.75, 3.05) is 26.2 Å². The zero-order valence-electron chi connectivity index (χ0n) is 11.2. The quantitative estimate of drug-likeness (QED) is 0.787. The standard InChI is InChI=1S/C12H23N5O/c1-3-4-17-5-6-18-12(9-17)11(13)7-10-8-16(2)15-14-10/h8,11-12H,3-7,9,13H2,1-2H3. The smallest absolute Gasteiger partial charge is 0.0857 e. The van der Waals surface area contributed by atoms with Crippen molar-refractivity contribution in [2.45, 2.75) is 31.9 Å². The summed E-state index contributed by atoms with van der Waals surface area (Å²) < 4.78 is 7.48. The van der Waals surface area contributed by atoms with Gasteiger partial charge >= 0.3 is 0 Å². The fourth-order valence-electron chi connectivity index (χ4n) is 2.37. The largest absolute Gasteiger partial charge is 0.374 e. The summed E-state index contributed by atoms with van der Waals surface area (Å²) in [5, 5.41) is 7.99. The van der Waals surface area contributed by atoms with Crippen molar-refractivity contribution in [1.29, 1.82) is 0 Å². The molecule has 0 bridgehead atoms. The van der Waals surface area contributed by atoms with Crippen LogP contribution in [0, 0.1) is 0 Å². The van der Waals surface area contributed by atoms with Crippen LogP contribution in [0.5, 0.6) is 0 Å². The van der Waals surface area contributed by atoms with E-state index in [1.54, 1.807) is 4.68 Å². The molecule has 2 heterocycles. The predicted octanol–water partition coefficient (Wildman–Crippen LogP) is -0.204. The average molecular weight is 253 g/mol. The van der Waals surface area contributed by atoms with E-state index in [0.717, 1.165) is 38.4 Å². The van der Waals surface area contributed by atoms with Crippen molar-refractivity contribution < 1.29 is 4.74 Å². The zero-order chi connectivity index (χ0) is 13.0. The Bertz CT molecular complexity index is 365. The zero-order valence-corrected chi connectivity index (χ0v) is 11.2. The first-order valence-electron chi connectivity index (χ1n) is 6.63. The first-order valence-corrected chi connectivity index (χ1v) is 6.63. The molecule has 0 aliphatic carbocycles. The van der Waals surface area contributed by atoms with Crippen molar-refractivity contribution in [3.05, 3.63) is 11.9 Å². The molecular formula is C12H23N5O. The van der Waals surface area contributed by atoms with Gasteiger partial charge < -0.3 is 10.5 Å². The van der Waals surface area contributed by atoms with Gasteiger partial charge in [0.2, 0.25) is 0 Å². The summed E-state index contributed by atoms with van der Waals surface area (Å²) >= 11 is 0.